The monoisotopic (exact) mass is 381 g/mol. The van der Waals surface area contributed by atoms with Crippen molar-refractivity contribution < 1.29 is 4.79 Å². The summed E-state index contributed by atoms with van der Waals surface area (Å²) in [5.74, 6) is 2.49. The second kappa shape index (κ2) is 7.72. The van der Waals surface area contributed by atoms with Crippen molar-refractivity contribution in [2.45, 2.75) is 31.8 Å². The highest BCUT2D eigenvalue weighted by Crippen LogP contribution is 2.29. The summed E-state index contributed by atoms with van der Waals surface area (Å²) in [6.07, 6.45) is 1.84. The Morgan fingerprint density at radius 3 is 2.68 bits per heavy atom. The molecule has 0 bridgehead atoms. The molecule has 0 aliphatic carbocycles. The summed E-state index contributed by atoms with van der Waals surface area (Å²) in [5.41, 5.74) is 0.587. The Labute approximate surface area is 158 Å². The Balaban J connectivity index is 0.00000182. The molecule has 1 N–H and O–H groups in total. The number of rotatable bonds is 2. The number of nitrogens with one attached hydrogen (secondary N) is 1. The third-order valence-electron chi connectivity index (χ3n) is 4.90. The first-order valence-corrected chi connectivity index (χ1v) is 8.78. The van der Waals surface area contributed by atoms with Gasteiger partial charge < -0.3 is 14.8 Å². The van der Waals surface area contributed by atoms with Crippen LogP contribution in [-0.4, -0.2) is 45.2 Å². The van der Waals surface area contributed by atoms with Crippen LogP contribution in [0.25, 0.3) is 0 Å². The Hall–Kier alpha value is -1.63. The topological polar surface area (TPSA) is 63.1 Å². The van der Waals surface area contributed by atoms with Crippen molar-refractivity contribution in [3.63, 3.8) is 0 Å². The standard InChI is InChI=1S/C17H20ClN5O.ClH/c18-14-4-2-1-3-13(14)17(24)22-8-5-12(6-9-22)16-21-20-15-11-19-7-10-23(15)16;/h1-4,12,19H,5-11H2;1H. The lowest BCUT2D eigenvalue weighted by atomic mass is 9.95. The molecule has 2 aliphatic heterocycles. The molecule has 1 fully saturated rings. The van der Waals surface area contributed by atoms with Crippen molar-refractivity contribution in [2.75, 3.05) is 19.6 Å². The first-order chi connectivity index (χ1) is 11.7. The summed E-state index contributed by atoms with van der Waals surface area (Å²) in [7, 11) is 0. The molecule has 0 atom stereocenters. The molecule has 3 heterocycles. The summed E-state index contributed by atoms with van der Waals surface area (Å²) in [6, 6.07) is 7.24. The van der Waals surface area contributed by atoms with Crippen LogP contribution in [0.4, 0.5) is 0 Å². The second-order valence-electron chi connectivity index (χ2n) is 6.35. The molecule has 6 nitrogen and oxygen atoms in total. The number of carbonyl (C=O) groups excluding carboxylic acids is 1. The number of likely N-dealkylation sites (tertiary alicyclic amines) is 1. The minimum atomic E-state index is 0. The van der Waals surface area contributed by atoms with Gasteiger partial charge in [0.05, 0.1) is 17.1 Å². The quantitative estimate of drug-likeness (QED) is 0.867. The lowest BCUT2D eigenvalue weighted by molar-refractivity contribution is 0.0710. The van der Waals surface area contributed by atoms with E-state index in [1.807, 2.05) is 17.0 Å². The van der Waals surface area contributed by atoms with Crippen LogP contribution in [-0.2, 0) is 13.1 Å². The normalized spacial score (nSPS) is 17.7. The highest BCUT2D eigenvalue weighted by molar-refractivity contribution is 6.33. The van der Waals surface area contributed by atoms with Crippen molar-refractivity contribution in [2.24, 2.45) is 0 Å². The molecular weight excluding hydrogens is 361 g/mol. The predicted molar refractivity (Wildman–Crippen MR) is 98.3 cm³/mol. The third kappa shape index (κ3) is 3.52. The van der Waals surface area contributed by atoms with Crippen molar-refractivity contribution in [3.8, 4) is 0 Å². The molecule has 2 aliphatic rings. The summed E-state index contributed by atoms with van der Waals surface area (Å²) < 4.78 is 2.24. The van der Waals surface area contributed by atoms with Gasteiger partial charge in [0, 0.05) is 32.1 Å². The van der Waals surface area contributed by atoms with E-state index in [-0.39, 0.29) is 18.3 Å². The molecule has 1 amide bonds. The highest BCUT2D eigenvalue weighted by Gasteiger charge is 2.29. The van der Waals surface area contributed by atoms with Gasteiger partial charge in [-0.15, -0.1) is 22.6 Å². The van der Waals surface area contributed by atoms with Gasteiger partial charge in [-0.05, 0) is 25.0 Å². The molecule has 8 heteroatoms. The fourth-order valence-electron chi connectivity index (χ4n) is 3.56. The van der Waals surface area contributed by atoms with Gasteiger partial charge in [-0.3, -0.25) is 4.79 Å². The van der Waals surface area contributed by atoms with Gasteiger partial charge in [0.25, 0.3) is 5.91 Å². The van der Waals surface area contributed by atoms with E-state index in [9.17, 15) is 4.79 Å². The van der Waals surface area contributed by atoms with E-state index in [1.165, 1.54) is 0 Å². The number of nitrogens with zero attached hydrogens (tertiary/aromatic N) is 4. The molecule has 0 spiro atoms. The molecule has 25 heavy (non-hydrogen) atoms. The number of hydrogen-bond donors (Lipinski definition) is 1. The van der Waals surface area contributed by atoms with Crippen LogP contribution in [0.2, 0.25) is 5.02 Å². The first-order valence-electron chi connectivity index (χ1n) is 8.40. The van der Waals surface area contributed by atoms with E-state index < -0.39 is 0 Å². The molecule has 4 rings (SSSR count). The van der Waals surface area contributed by atoms with Crippen molar-refractivity contribution in [1.29, 1.82) is 0 Å². The summed E-state index contributed by atoms with van der Waals surface area (Å²) >= 11 is 6.15. The fraction of sp³-hybridized carbons (Fsp3) is 0.471. The lowest BCUT2D eigenvalue weighted by Gasteiger charge is -2.32. The number of aromatic nitrogens is 3. The zero-order valence-electron chi connectivity index (χ0n) is 13.8. The molecule has 0 saturated carbocycles. The maximum atomic E-state index is 12.6. The molecular formula is C17H21Cl2N5O. The minimum absolute atomic E-state index is 0. The Kier molecular flexibility index (Phi) is 5.61. The van der Waals surface area contributed by atoms with E-state index in [0.717, 1.165) is 57.2 Å². The van der Waals surface area contributed by atoms with Gasteiger partial charge in [0.15, 0.2) is 0 Å². The lowest BCUT2D eigenvalue weighted by Crippen LogP contribution is -2.39. The average Bonchev–Trinajstić information content (AvgIpc) is 3.06. The van der Waals surface area contributed by atoms with Crippen LogP contribution in [0.1, 0.15) is 40.8 Å². The molecule has 2 aromatic rings. The maximum absolute atomic E-state index is 12.6. The average molecular weight is 382 g/mol. The number of fused-ring (bicyclic) bond motifs is 1. The van der Waals surface area contributed by atoms with Crippen LogP contribution in [0.5, 0.6) is 0 Å². The van der Waals surface area contributed by atoms with Crippen molar-refractivity contribution in [3.05, 3.63) is 46.5 Å². The third-order valence-corrected chi connectivity index (χ3v) is 5.23. The van der Waals surface area contributed by atoms with Crippen LogP contribution in [0.3, 0.4) is 0 Å². The first kappa shape index (κ1) is 18.2. The Bertz CT molecular complexity index is 755. The molecule has 1 aromatic heterocycles. The van der Waals surface area contributed by atoms with Gasteiger partial charge in [-0.25, -0.2) is 0 Å². The summed E-state index contributed by atoms with van der Waals surface area (Å²) in [4.78, 5) is 14.5. The SMILES string of the molecule is Cl.O=C(c1ccccc1Cl)N1CCC(c2nnc3n2CCNC3)CC1. The van der Waals surface area contributed by atoms with E-state index in [0.29, 0.717) is 16.5 Å². The zero-order chi connectivity index (χ0) is 16.5. The van der Waals surface area contributed by atoms with Crippen LogP contribution in [0.15, 0.2) is 24.3 Å². The number of hydrogen-bond acceptors (Lipinski definition) is 4. The molecule has 1 saturated heterocycles. The Morgan fingerprint density at radius 2 is 1.92 bits per heavy atom. The fourth-order valence-corrected chi connectivity index (χ4v) is 3.78. The second-order valence-corrected chi connectivity index (χ2v) is 6.76. The molecule has 134 valence electrons. The van der Waals surface area contributed by atoms with Gasteiger partial charge in [-0.2, -0.15) is 0 Å². The van der Waals surface area contributed by atoms with Gasteiger partial charge in [0.2, 0.25) is 0 Å². The number of halogens is 2. The maximum Gasteiger partial charge on any atom is 0.255 e. The van der Waals surface area contributed by atoms with E-state index in [2.05, 4.69) is 20.1 Å². The summed E-state index contributed by atoms with van der Waals surface area (Å²) in [5, 5.41) is 12.5. The molecule has 0 unspecified atom stereocenters. The number of benzene rings is 1. The van der Waals surface area contributed by atoms with Gasteiger partial charge >= 0.3 is 0 Å². The predicted octanol–water partition coefficient (Wildman–Crippen LogP) is 2.48. The van der Waals surface area contributed by atoms with Crippen LogP contribution >= 0.6 is 24.0 Å². The van der Waals surface area contributed by atoms with Gasteiger partial charge in [-0.1, -0.05) is 23.7 Å². The van der Waals surface area contributed by atoms with Crippen molar-refractivity contribution in [1.82, 2.24) is 25.0 Å². The largest absolute Gasteiger partial charge is 0.339 e. The number of piperidine rings is 1. The summed E-state index contributed by atoms with van der Waals surface area (Å²) in [6.45, 7) is 4.14. The number of carbonyl (C=O) groups is 1. The van der Waals surface area contributed by atoms with Gasteiger partial charge in [0.1, 0.15) is 11.6 Å². The van der Waals surface area contributed by atoms with E-state index >= 15 is 0 Å². The van der Waals surface area contributed by atoms with E-state index in [1.54, 1.807) is 12.1 Å². The molecule has 0 radical (unpaired) electrons. The zero-order valence-corrected chi connectivity index (χ0v) is 15.4. The highest BCUT2D eigenvalue weighted by atomic mass is 35.5. The Morgan fingerprint density at radius 1 is 1.16 bits per heavy atom. The van der Waals surface area contributed by atoms with Crippen molar-refractivity contribution >= 4 is 29.9 Å². The number of amides is 1. The van der Waals surface area contributed by atoms with E-state index in [4.69, 9.17) is 11.6 Å². The minimum Gasteiger partial charge on any atom is -0.339 e. The van der Waals surface area contributed by atoms with Crippen LogP contribution < -0.4 is 5.32 Å². The van der Waals surface area contributed by atoms with Crippen LogP contribution in [0, 0.1) is 0 Å². The molecule has 1 aromatic carbocycles. The smallest absolute Gasteiger partial charge is 0.255 e.